The number of hydrogen-bond acceptors (Lipinski definition) is 10. The van der Waals surface area contributed by atoms with Crippen LogP contribution in [0.1, 0.15) is 6.42 Å². The van der Waals surface area contributed by atoms with Gasteiger partial charge in [-0.2, -0.15) is 0 Å². The summed E-state index contributed by atoms with van der Waals surface area (Å²) >= 11 is 0. The first kappa shape index (κ1) is 32.7. The van der Waals surface area contributed by atoms with Gasteiger partial charge in [-0.3, -0.25) is 9.97 Å². The Hall–Kier alpha value is -5.72. The first-order valence-corrected chi connectivity index (χ1v) is 15.0. The molecule has 6 aromatic rings. The topological polar surface area (TPSA) is 153 Å². The van der Waals surface area contributed by atoms with E-state index in [2.05, 4.69) is 40.5 Å². The summed E-state index contributed by atoms with van der Waals surface area (Å²) in [7, 11) is 0. The molecule has 6 rings (SSSR count). The normalized spacial score (nSPS) is 10.6. The molecule has 0 atom stereocenters. The molecule has 0 radical (unpaired) electrons. The van der Waals surface area contributed by atoms with Crippen LogP contribution in [-0.2, 0) is 0 Å². The molecule has 0 spiro atoms. The molecule has 47 heavy (non-hydrogen) atoms. The zero-order chi connectivity index (χ0) is 32.8. The van der Waals surface area contributed by atoms with Gasteiger partial charge in [0.05, 0.1) is 11.4 Å². The molecule has 0 aliphatic carbocycles. The summed E-state index contributed by atoms with van der Waals surface area (Å²) in [5.41, 5.74) is 17.8. The van der Waals surface area contributed by atoms with Crippen molar-refractivity contribution in [3.63, 3.8) is 0 Å². The Morgan fingerprint density at radius 2 is 0.936 bits per heavy atom. The highest BCUT2D eigenvalue weighted by Crippen LogP contribution is 2.32. The van der Waals surface area contributed by atoms with Gasteiger partial charge in [-0.05, 0) is 72.6 Å². The minimum atomic E-state index is -0.277. The van der Waals surface area contributed by atoms with Gasteiger partial charge in [-0.1, -0.05) is 24.3 Å². The smallest absolute Gasteiger partial charge is 0.223 e. The lowest BCUT2D eigenvalue weighted by atomic mass is 10.0. The highest BCUT2D eigenvalue weighted by atomic mass is 19.1. The molecule has 0 aliphatic heterocycles. The summed E-state index contributed by atoms with van der Waals surface area (Å²) in [5, 5.41) is 6.24. The summed E-state index contributed by atoms with van der Waals surface area (Å²) in [6, 6.07) is 20.1. The number of pyridine rings is 2. The number of aromatic nitrogens is 6. The third-order valence-electron chi connectivity index (χ3n) is 6.89. The Morgan fingerprint density at radius 3 is 1.34 bits per heavy atom. The van der Waals surface area contributed by atoms with E-state index in [4.69, 9.17) is 11.5 Å². The minimum Gasteiger partial charge on any atom is -0.354 e. The molecule has 6 N–H and O–H groups in total. The van der Waals surface area contributed by atoms with Gasteiger partial charge in [0, 0.05) is 79.1 Å². The van der Waals surface area contributed by atoms with Crippen molar-refractivity contribution in [1.82, 2.24) is 29.9 Å². The molecule has 2 aromatic carbocycles. The van der Waals surface area contributed by atoms with Gasteiger partial charge in [0.15, 0.2) is 0 Å². The number of nitrogens with two attached hydrogens (primary N) is 2. The number of hydrogen-bond donors (Lipinski definition) is 4. The second kappa shape index (κ2) is 16.5. The van der Waals surface area contributed by atoms with Crippen molar-refractivity contribution in [3.8, 4) is 44.8 Å². The summed E-state index contributed by atoms with van der Waals surface area (Å²) in [6.07, 6.45) is 11.2. The molecule has 0 aliphatic rings. The molecule has 0 bridgehead atoms. The summed E-state index contributed by atoms with van der Waals surface area (Å²) in [4.78, 5) is 26.0. The molecule has 0 fully saturated rings. The Labute approximate surface area is 271 Å². The molecule has 4 aromatic heterocycles. The molecular weight excluding hydrogens is 598 g/mol. The van der Waals surface area contributed by atoms with Crippen LogP contribution >= 0.6 is 0 Å². The van der Waals surface area contributed by atoms with E-state index in [0.29, 0.717) is 38.1 Å². The SMILES string of the molecule is NCCCNc1ncc(-c2ccc(F)cc2)c(-c2ccncc2)n1.NCCNc1ncc(-c2ccc(F)cc2)c(-c2ccncc2)n1. The number of nitrogens with one attached hydrogen (secondary N) is 2. The third-order valence-corrected chi connectivity index (χ3v) is 6.89. The molecule has 12 heteroatoms. The Kier molecular flexibility index (Phi) is 11.5. The Balaban J connectivity index is 0.000000185. The zero-order valence-electron chi connectivity index (χ0n) is 25.5. The van der Waals surface area contributed by atoms with E-state index in [1.54, 1.807) is 61.4 Å². The predicted octanol–water partition coefficient (Wildman–Crippen LogP) is 5.82. The van der Waals surface area contributed by atoms with Crippen molar-refractivity contribution in [2.24, 2.45) is 11.5 Å². The van der Waals surface area contributed by atoms with E-state index in [1.165, 1.54) is 24.3 Å². The van der Waals surface area contributed by atoms with Gasteiger partial charge >= 0.3 is 0 Å². The number of anilines is 2. The molecule has 0 amide bonds. The first-order valence-electron chi connectivity index (χ1n) is 15.0. The van der Waals surface area contributed by atoms with Crippen LogP contribution in [0.15, 0.2) is 110 Å². The van der Waals surface area contributed by atoms with Crippen LogP contribution in [0.2, 0.25) is 0 Å². The van der Waals surface area contributed by atoms with E-state index in [-0.39, 0.29) is 11.6 Å². The number of benzene rings is 2. The monoisotopic (exact) mass is 632 g/mol. The van der Waals surface area contributed by atoms with Crippen LogP contribution in [0, 0.1) is 11.6 Å². The van der Waals surface area contributed by atoms with Crippen molar-refractivity contribution in [3.05, 3.63) is 122 Å². The molecule has 10 nitrogen and oxygen atoms in total. The van der Waals surface area contributed by atoms with Crippen molar-refractivity contribution in [2.75, 3.05) is 36.8 Å². The van der Waals surface area contributed by atoms with Gasteiger partial charge in [0.25, 0.3) is 0 Å². The van der Waals surface area contributed by atoms with Gasteiger partial charge < -0.3 is 22.1 Å². The quantitative estimate of drug-likeness (QED) is 0.129. The molecule has 238 valence electrons. The van der Waals surface area contributed by atoms with Gasteiger partial charge in [0.1, 0.15) is 11.6 Å². The second-order valence-electron chi connectivity index (χ2n) is 10.2. The van der Waals surface area contributed by atoms with E-state index < -0.39 is 0 Å². The number of halogens is 2. The lowest BCUT2D eigenvalue weighted by Crippen LogP contribution is -2.15. The van der Waals surface area contributed by atoms with Crippen molar-refractivity contribution < 1.29 is 8.78 Å². The predicted molar refractivity (Wildman–Crippen MR) is 181 cm³/mol. The van der Waals surface area contributed by atoms with E-state index in [0.717, 1.165) is 51.2 Å². The average molecular weight is 633 g/mol. The standard InChI is InChI=1S/C18H18FN5.C17H16FN5/c19-15-4-2-13(3-5-15)16-12-23-18(22-9-1-8-20)24-17(16)14-6-10-21-11-7-14;18-14-3-1-12(2-4-14)15-11-22-17(21-10-7-19)23-16(15)13-5-8-20-9-6-13/h2-7,10-12H,1,8-9,20H2,(H,22,23,24);1-6,8-9,11H,7,10,19H2,(H,21,22,23). The first-order chi connectivity index (χ1) is 23.1. The number of nitrogens with zero attached hydrogens (tertiary/aromatic N) is 6. The fraction of sp³-hybridized carbons (Fsp3) is 0.143. The maximum Gasteiger partial charge on any atom is 0.223 e. The van der Waals surface area contributed by atoms with E-state index >= 15 is 0 Å². The van der Waals surface area contributed by atoms with Gasteiger partial charge in [0.2, 0.25) is 11.9 Å². The zero-order valence-corrected chi connectivity index (χ0v) is 25.5. The fourth-order valence-corrected chi connectivity index (χ4v) is 4.56. The van der Waals surface area contributed by atoms with Gasteiger partial charge in [-0.15, -0.1) is 0 Å². The summed E-state index contributed by atoms with van der Waals surface area (Å²) < 4.78 is 26.4. The summed E-state index contributed by atoms with van der Waals surface area (Å²) in [5.74, 6) is 0.501. The molecule has 0 unspecified atom stereocenters. The molecule has 0 saturated heterocycles. The van der Waals surface area contributed by atoms with Crippen LogP contribution in [0.25, 0.3) is 44.8 Å². The van der Waals surface area contributed by atoms with Crippen molar-refractivity contribution in [1.29, 1.82) is 0 Å². The average Bonchev–Trinajstić information content (AvgIpc) is 3.12. The molecule has 0 saturated carbocycles. The van der Waals surface area contributed by atoms with Crippen LogP contribution in [-0.4, -0.2) is 56.1 Å². The van der Waals surface area contributed by atoms with Crippen LogP contribution in [0.4, 0.5) is 20.7 Å². The fourth-order valence-electron chi connectivity index (χ4n) is 4.56. The highest BCUT2D eigenvalue weighted by molar-refractivity contribution is 5.81. The maximum absolute atomic E-state index is 13.2. The molecular formula is C35H34F2N10. The van der Waals surface area contributed by atoms with Crippen molar-refractivity contribution in [2.45, 2.75) is 6.42 Å². The van der Waals surface area contributed by atoms with Crippen molar-refractivity contribution >= 4 is 11.9 Å². The third kappa shape index (κ3) is 8.93. The highest BCUT2D eigenvalue weighted by Gasteiger charge is 2.13. The van der Waals surface area contributed by atoms with Crippen LogP contribution in [0.3, 0.4) is 0 Å². The Morgan fingerprint density at radius 1 is 0.511 bits per heavy atom. The van der Waals surface area contributed by atoms with Crippen LogP contribution in [0.5, 0.6) is 0 Å². The maximum atomic E-state index is 13.2. The number of rotatable bonds is 11. The summed E-state index contributed by atoms with van der Waals surface area (Å²) in [6.45, 7) is 2.40. The van der Waals surface area contributed by atoms with E-state index in [1.807, 2.05) is 24.3 Å². The second-order valence-corrected chi connectivity index (χ2v) is 10.2. The van der Waals surface area contributed by atoms with Gasteiger partial charge in [-0.25, -0.2) is 28.7 Å². The minimum absolute atomic E-state index is 0.273. The lowest BCUT2D eigenvalue weighted by molar-refractivity contribution is 0.627. The Bertz CT molecular complexity index is 1840. The van der Waals surface area contributed by atoms with E-state index in [9.17, 15) is 8.78 Å². The molecule has 4 heterocycles. The lowest BCUT2D eigenvalue weighted by Gasteiger charge is -2.11. The largest absolute Gasteiger partial charge is 0.354 e. The van der Waals surface area contributed by atoms with Crippen LogP contribution < -0.4 is 22.1 Å².